The van der Waals surface area contributed by atoms with Gasteiger partial charge in [-0.1, -0.05) is 19.9 Å². The van der Waals surface area contributed by atoms with Crippen molar-refractivity contribution >= 4 is 0 Å². The minimum Gasteiger partial charge on any atom is -0.492 e. The molecule has 1 unspecified atom stereocenters. The predicted molar refractivity (Wildman–Crippen MR) is 89.3 cm³/mol. The molecule has 2 rings (SSSR count). The SMILES string of the molecule is Cc1cc(OCCN(C)CC2CCCN2)ccc1C(C)C. The van der Waals surface area contributed by atoms with Gasteiger partial charge in [-0.15, -0.1) is 0 Å². The van der Waals surface area contributed by atoms with Crippen LogP contribution in [0, 0.1) is 6.92 Å². The number of hydrogen-bond donors (Lipinski definition) is 1. The Kier molecular flexibility index (Phi) is 6.07. The third-order valence-electron chi connectivity index (χ3n) is 4.30. The molecule has 1 atom stereocenters. The molecule has 21 heavy (non-hydrogen) atoms. The van der Waals surface area contributed by atoms with E-state index in [1.807, 2.05) is 0 Å². The fraction of sp³-hybridized carbons (Fsp3) is 0.667. The molecule has 1 aliphatic rings. The van der Waals surface area contributed by atoms with E-state index >= 15 is 0 Å². The van der Waals surface area contributed by atoms with Crippen molar-refractivity contribution in [3.8, 4) is 5.75 Å². The second-order valence-electron chi connectivity index (χ2n) is 6.58. The van der Waals surface area contributed by atoms with Crippen molar-refractivity contribution in [3.05, 3.63) is 29.3 Å². The van der Waals surface area contributed by atoms with Gasteiger partial charge >= 0.3 is 0 Å². The molecule has 1 saturated heterocycles. The first-order chi connectivity index (χ1) is 10.1. The summed E-state index contributed by atoms with van der Waals surface area (Å²) in [5.41, 5.74) is 2.73. The van der Waals surface area contributed by atoms with Crippen LogP contribution in [0.15, 0.2) is 18.2 Å². The molecule has 1 aromatic rings. The van der Waals surface area contributed by atoms with Crippen molar-refractivity contribution in [3.63, 3.8) is 0 Å². The maximum Gasteiger partial charge on any atom is 0.119 e. The largest absolute Gasteiger partial charge is 0.492 e. The zero-order valence-electron chi connectivity index (χ0n) is 14.0. The summed E-state index contributed by atoms with van der Waals surface area (Å²) in [5, 5.41) is 3.54. The van der Waals surface area contributed by atoms with Crippen LogP contribution in [0.2, 0.25) is 0 Å². The van der Waals surface area contributed by atoms with Crippen LogP contribution >= 0.6 is 0 Å². The fourth-order valence-electron chi connectivity index (χ4n) is 3.09. The number of rotatable bonds is 7. The average molecular weight is 290 g/mol. The van der Waals surface area contributed by atoms with Gasteiger partial charge in [0.2, 0.25) is 0 Å². The summed E-state index contributed by atoms with van der Waals surface area (Å²) in [5.74, 6) is 1.56. The van der Waals surface area contributed by atoms with Crippen LogP contribution < -0.4 is 10.1 Å². The Balaban J connectivity index is 1.73. The molecule has 0 aliphatic carbocycles. The first-order valence-electron chi connectivity index (χ1n) is 8.21. The fourth-order valence-corrected chi connectivity index (χ4v) is 3.09. The topological polar surface area (TPSA) is 24.5 Å². The van der Waals surface area contributed by atoms with Crippen molar-refractivity contribution in [2.75, 3.05) is 33.3 Å². The third-order valence-corrected chi connectivity index (χ3v) is 4.30. The molecular weight excluding hydrogens is 260 g/mol. The standard InChI is InChI=1S/C18H30N2O/c1-14(2)18-8-7-17(12-15(18)3)21-11-10-20(4)13-16-6-5-9-19-16/h7-8,12,14,16,19H,5-6,9-11,13H2,1-4H3. The number of nitrogens with one attached hydrogen (secondary N) is 1. The summed E-state index contributed by atoms with van der Waals surface area (Å²) >= 11 is 0. The van der Waals surface area contributed by atoms with Gasteiger partial charge in [-0.3, -0.25) is 0 Å². The molecule has 0 radical (unpaired) electrons. The van der Waals surface area contributed by atoms with Crippen LogP contribution in [0.5, 0.6) is 5.75 Å². The minimum absolute atomic E-state index is 0.573. The average Bonchev–Trinajstić information content (AvgIpc) is 2.91. The van der Waals surface area contributed by atoms with Gasteiger partial charge in [0.25, 0.3) is 0 Å². The summed E-state index contributed by atoms with van der Waals surface area (Å²) in [6.07, 6.45) is 2.62. The molecule has 0 bridgehead atoms. The van der Waals surface area contributed by atoms with Crippen LogP contribution in [-0.2, 0) is 0 Å². The van der Waals surface area contributed by atoms with E-state index in [1.165, 1.54) is 30.5 Å². The number of aryl methyl sites for hydroxylation is 1. The Morgan fingerprint density at radius 1 is 1.38 bits per heavy atom. The normalized spacial score (nSPS) is 18.7. The highest BCUT2D eigenvalue weighted by molar-refractivity contribution is 5.36. The smallest absolute Gasteiger partial charge is 0.119 e. The molecule has 3 heteroatoms. The van der Waals surface area contributed by atoms with E-state index in [4.69, 9.17) is 4.74 Å². The van der Waals surface area contributed by atoms with E-state index in [9.17, 15) is 0 Å². The monoisotopic (exact) mass is 290 g/mol. The van der Waals surface area contributed by atoms with Crippen LogP contribution in [0.4, 0.5) is 0 Å². The number of hydrogen-bond acceptors (Lipinski definition) is 3. The minimum atomic E-state index is 0.573. The Morgan fingerprint density at radius 3 is 2.81 bits per heavy atom. The van der Waals surface area contributed by atoms with Crippen LogP contribution in [0.1, 0.15) is 43.7 Å². The Hall–Kier alpha value is -1.06. The number of ether oxygens (including phenoxy) is 1. The lowest BCUT2D eigenvalue weighted by Gasteiger charge is -2.21. The molecular formula is C18H30N2O. The van der Waals surface area contributed by atoms with Gasteiger partial charge in [-0.2, -0.15) is 0 Å². The highest BCUT2D eigenvalue weighted by Crippen LogP contribution is 2.23. The maximum atomic E-state index is 5.89. The lowest BCUT2D eigenvalue weighted by molar-refractivity contribution is 0.225. The first-order valence-corrected chi connectivity index (χ1v) is 8.21. The van der Waals surface area contributed by atoms with Crippen molar-refractivity contribution in [1.29, 1.82) is 0 Å². The first kappa shape index (κ1) is 16.3. The predicted octanol–water partition coefficient (Wildman–Crippen LogP) is 3.18. The van der Waals surface area contributed by atoms with Crippen molar-refractivity contribution in [2.45, 2.75) is 45.6 Å². The highest BCUT2D eigenvalue weighted by Gasteiger charge is 2.15. The number of likely N-dealkylation sites (N-methyl/N-ethyl adjacent to an activating group) is 1. The van der Waals surface area contributed by atoms with Crippen molar-refractivity contribution in [2.24, 2.45) is 0 Å². The van der Waals surface area contributed by atoms with Gasteiger partial charge in [0.05, 0.1) is 0 Å². The van der Waals surface area contributed by atoms with Crippen molar-refractivity contribution in [1.82, 2.24) is 10.2 Å². The molecule has 0 spiro atoms. The van der Waals surface area contributed by atoms with E-state index in [1.54, 1.807) is 0 Å². The lowest BCUT2D eigenvalue weighted by atomic mass is 9.98. The molecule has 1 aliphatic heterocycles. The quantitative estimate of drug-likeness (QED) is 0.834. The van der Waals surface area contributed by atoms with Gasteiger partial charge < -0.3 is 15.0 Å². The molecule has 1 aromatic carbocycles. The summed E-state index contributed by atoms with van der Waals surface area (Å²) in [4.78, 5) is 2.36. The molecule has 3 nitrogen and oxygen atoms in total. The van der Waals surface area contributed by atoms with E-state index in [2.05, 4.69) is 56.2 Å². The lowest BCUT2D eigenvalue weighted by Crippen LogP contribution is -2.37. The Labute approximate surface area is 129 Å². The second-order valence-corrected chi connectivity index (χ2v) is 6.58. The summed E-state index contributed by atoms with van der Waals surface area (Å²) in [7, 11) is 2.18. The third kappa shape index (κ3) is 5.01. The van der Waals surface area contributed by atoms with Gasteiger partial charge in [-0.25, -0.2) is 0 Å². The summed E-state index contributed by atoms with van der Waals surface area (Å²) in [6.45, 7) is 10.7. The Bertz CT molecular complexity index is 439. The van der Waals surface area contributed by atoms with E-state index < -0.39 is 0 Å². The van der Waals surface area contributed by atoms with Gasteiger partial charge in [0.1, 0.15) is 12.4 Å². The van der Waals surface area contributed by atoms with Crippen molar-refractivity contribution < 1.29 is 4.74 Å². The molecule has 0 amide bonds. The molecule has 0 aromatic heterocycles. The molecule has 0 saturated carbocycles. The van der Waals surface area contributed by atoms with E-state index in [0.717, 1.165) is 25.4 Å². The summed E-state index contributed by atoms with van der Waals surface area (Å²) in [6, 6.07) is 7.12. The van der Waals surface area contributed by atoms with E-state index in [-0.39, 0.29) is 0 Å². The zero-order valence-corrected chi connectivity index (χ0v) is 14.0. The molecule has 1 heterocycles. The van der Waals surface area contributed by atoms with Gasteiger partial charge in [-0.05, 0) is 62.5 Å². The zero-order chi connectivity index (χ0) is 15.2. The van der Waals surface area contributed by atoms with Crippen LogP contribution in [-0.4, -0.2) is 44.2 Å². The van der Waals surface area contributed by atoms with E-state index in [0.29, 0.717) is 12.0 Å². The molecule has 118 valence electrons. The highest BCUT2D eigenvalue weighted by atomic mass is 16.5. The number of benzene rings is 1. The Morgan fingerprint density at radius 2 is 2.19 bits per heavy atom. The second kappa shape index (κ2) is 7.81. The molecule has 1 fully saturated rings. The number of nitrogens with zero attached hydrogens (tertiary/aromatic N) is 1. The molecule has 1 N–H and O–H groups in total. The summed E-state index contributed by atoms with van der Waals surface area (Å²) < 4.78 is 5.89. The van der Waals surface area contributed by atoms with Crippen LogP contribution in [0.3, 0.4) is 0 Å². The maximum absolute atomic E-state index is 5.89. The van der Waals surface area contributed by atoms with Gasteiger partial charge in [0, 0.05) is 19.1 Å². The van der Waals surface area contributed by atoms with Gasteiger partial charge in [0.15, 0.2) is 0 Å². The van der Waals surface area contributed by atoms with Crippen LogP contribution in [0.25, 0.3) is 0 Å².